The number of ether oxygens (including phenoxy) is 1. The van der Waals surface area contributed by atoms with E-state index in [1.165, 1.54) is 11.8 Å². The maximum absolute atomic E-state index is 12.8. The first kappa shape index (κ1) is 25.8. The van der Waals surface area contributed by atoms with Crippen molar-refractivity contribution in [3.8, 4) is 5.75 Å². The second-order valence-corrected chi connectivity index (χ2v) is 11.1. The summed E-state index contributed by atoms with van der Waals surface area (Å²) in [5.41, 5.74) is 1.93. The van der Waals surface area contributed by atoms with E-state index in [0.717, 1.165) is 17.5 Å². The SMILES string of the molecule is CCC(=O)NC(Oc1ccc(C=C2SC(=S)N(CCc3ccccc3)C2=O)cc1)C(Cl)(Cl)Cl. The fourth-order valence-electron chi connectivity index (χ4n) is 2.93. The molecule has 2 amide bonds. The molecule has 1 saturated heterocycles. The Morgan fingerprint density at radius 1 is 1.18 bits per heavy atom. The summed E-state index contributed by atoms with van der Waals surface area (Å²) in [6.45, 7) is 2.21. The Hall–Kier alpha value is -1.77. The molecule has 33 heavy (non-hydrogen) atoms. The molecule has 0 radical (unpaired) electrons. The topological polar surface area (TPSA) is 58.6 Å². The Kier molecular flexibility index (Phi) is 9.07. The summed E-state index contributed by atoms with van der Waals surface area (Å²) < 4.78 is 4.35. The first-order valence-corrected chi connectivity index (χ1v) is 12.5. The van der Waals surface area contributed by atoms with Gasteiger partial charge in [0.1, 0.15) is 10.1 Å². The normalized spacial score (nSPS) is 16.2. The van der Waals surface area contributed by atoms with Crippen LogP contribution in [0.5, 0.6) is 5.75 Å². The van der Waals surface area contributed by atoms with Crippen molar-refractivity contribution < 1.29 is 14.3 Å². The lowest BCUT2D eigenvalue weighted by molar-refractivity contribution is -0.123. The van der Waals surface area contributed by atoms with E-state index in [2.05, 4.69) is 5.32 Å². The van der Waals surface area contributed by atoms with E-state index in [-0.39, 0.29) is 18.2 Å². The number of alkyl halides is 3. The van der Waals surface area contributed by atoms with Crippen molar-refractivity contribution in [3.05, 3.63) is 70.6 Å². The Morgan fingerprint density at radius 2 is 1.85 bits per heavy atom. The van der Waals surface area contributed by atoms with Gasteiger partial charge in [0.15, 0.2) is 0 Å². The van der Waals surface area contributed by atoms with Gasteiger partial charge in [0.05, 0.1) is 4.91 Å². The number of hydrogen-bond donors (Lipinski definition) is 1. The lowest BCUT2D eigenvalue weighted by Crippen LogP contribution is -2.47. The van der Waals surface area contributed by atoms with Crippen molar-refractivity contribution in [3.63, 3.8) is 0 Å². The lowest BCUT2D eigenvalue weighted by Gasteiger charge is -2.26. The van der Waals surface area contributed by atoms with Gasteiger partial charge < -0.3 is 10.1 Å². The van der Waals surface area contributed by atoms with E-state index in [1.807, 2.05) is 30.3 Å². The maximum Gasteiger partial charge on any atom is 0.266 e. The number of rotatable bonds is 8. The Morgan fingerprint density at radius 3 is 2.45 bits per heavy atom. The largest absolute Gasteiger partial charge is 0.466 e. The molecule has 1 atom stereocenters. The van der Waals surface area contributed by atoms with Crippen LogP contribution in [-0.2, 0) is 16.0 Å². The fraction of sp³-hybridized carbons (Fsp3) is 0.261. The van der Waals surface area contributed by atoms with Crippen molar-refractivity contribution in [2.24, 2.45) is 0 Å². The van der Waals surface area contributed by atoms with Crippen LogP contribution in [0, 0.1) is 0 Å². The van der Waals surface area contributed by atoms with E-state index < -0.39 is 10.0 Å². The van der Waals surface area contributed by atoms with E-state index in [9.17, 15) is 9.59 Å². The molecule has 1 heterocycles. The molecule has 0 bridgehead atoms. The molecule has 0 aromatic heterocycles. The number of benzene rings is 2. The van der Waals surface area contributed by atoms with Gasteiger partial charge in [0.2, 0.25) is 15.9 Å². The molecule has 10 heteroatoms. The van der Waals surface area contributed by atoms with Gasteiger partial charge in [-0.3, -0.25) is 14.5 Å². The van der Waals surface area contributed by atoms with E-state index in [4.69, 9.17) is 51.8 Å². The Bertz CT molecular complexity index is 1040. The average Bonchev–Trinajstić information content (AvgIpc) is 3.05. The highest BCUT2D eigenvalue weighted by molar-refractivity contribution is 8.26. The van der Waals surface area contributed by atoms with Crippen LogP contribution in [0.3, 0.4) is 0 Å². The summed E-state index contributed by atoms with van der Waals surface area (Å²) in [7, 11) is 0. The third-order valence-electron chi connectivity index (χ3n) is 4.68. The zero-order valence-corrected chi connectivity index (χ0v) is 21.5. The minimum absolute atomic E-state index is 0.111. The zero-order valence-electron chi connectivity index (χ0n) is 17.6. The molecule has 1 unspecified atom stereocenters. The first-order valence-electron chi connectivity index (χ1n) is 10.1. The van der Waals surface area contributed by atoms with E-state index in [0.29, 0.717) is 21.5 Å². The number of nitrogens with one attached hydrogen (secondary N) is 1. The van der Waals surface area contributed by atoms with Crippen molar-refractivity contribution in [1.82, 2.24) is 10.2 Å². The van der Waals surface area contributed by atoms with Crippen LogP contribution in [-0.4, -0.2) is 37.6 Å². The molecule has 2 aromatic carbocycles. The molecular formula is C23H21Cl3N2O3S2. The monoisotopic (exact) mass is 542 g/mol. The highest BCUT2D eigenvalue weighted by Gasteiger charge is 2.36. The van der Waals surface area contributed by atoms with Crippen LogP contribution in [0.25, 0.3) is 6.08 Å². The molecule has 1 aliphatic heterocycles. The van der Waals surface area contributed by atoms with Crippen LogP contribution in [0.4, 0.5) is 0 Å². The van der Waals surface area contributed by atoms with Crippen LogP contribution >= 0.6 is 58.8 Å². The van der Waals surface area contributed by atoms with Crippen molar-refractivity contribution in [2.75, 3.05) is 6.54 Å². The van der Waals surface area contributed by atoms with Gasteiger partial charge in [-0.05, 0) is 35.8 Å². The standard InChI is InChI=1S/C23H21Cl3N2O3S2/c1-2-19(29)27-21(23(24,25)26)31-17-10-8-16(9-11-17)14-18-20(30)28(22(32)33-18)13-12-15-6-4-3-5-7-15/h3-11,14,21H,2,12-13H2,1H3,(H,27,29). The van der Waals surface area contributed by atoms with Crippen LogP contribution in [0.2, 0.25) is 0 Å². The number of halogens is 3. The van der Waals surface area contributed by atoms with E-state index >= 15 is 0 Å². The summed E-state index contributed by atoms with van der Waals surface area (Å²) in [6.07, 6.45) is 1.58. The molecule has 5 nitrogen and oxygen atoms in total. The number of thiocarbonyl (C=S) groups is 1. The minimum atomic E-state index is -1.85. The highest BCUT2D eigenvalue weighted by atomic mass is 35.6. The van der Waals surface area contributed by atoms with Gasteiger partial charge >= 0.3 is 0 Å². The molecule has 0 aliphatic carbocycles. The van der Waals surface area contributed by atoms with Gasteiger partial charge in [-0.2, -0.15) is 0 Å². The Labute approximate surface area is 217 Å². The highest BCUT2D eigenvalue weighted by Crippen LogP contribution is 2.34. The molecule has 0 spiro atoms. The molecule has 3 rings (SSSR count). The summed E-state index contributed by atoms with van der Waals surface area (Å²) in [4.78, 5) is 26.7. The molecule has 1 N–H and O–H groups in total. The molecule has 174 valence electrons. The quantitative estimate of drug-likeness (QED) is 0.199. The van der Waals surface area contributed by atoms with Crippen LogP contribution < -0.4 is 10.1 Å². The number of carbonyl (C=O) groups excluding carboxylic acids is 2. The zero-order chi connectivity index (χ0) is 24.0. The van der Waals surface area contributed by atoms with Crippen molar-refractivity contribution in [1.29, 1.82) is 0 Å². The summed E-state index contributed by atoms with van der Waals surface area (Å²) in [6, 6.07) is 16.8. The lowest BCUT2D eigenvalue weighted by atomic mass is 10.1. The second-order valence-electron chi connectivity index (χ2n) is 7.10. The van der Waals surface area contributed by atoms with Gasteiger partial charge in [0.25, 0.3) is 5.91 Å². The molecule has 2 aromatic rings. The van der Waals surface area contributed by atoms with Crippen LogP contribution in [0.15, 0.2) is 59.5 Å². The minimum Gasteiger partial charge on any atom is -0.466 e. The maximum atomic E-state index is 12.8. The van der Waals surface area contributed by atoms with E-state index in [1.54, 1.807) is 42.2 Å². The summed E-state index contributed by atoms with van der Waals surface area (Å²) in [5, 5.41) is 2.53. The fourth-order valence-corrected chi connectivity index (χ4v) is 4.54. The number of carbonyl (C=O) groups is 2. The van der Waals surface area contributed by atoms with Crippen molar-refractivity contribution >= 4 is 81.0 Å². The first-order chi connectivity index (χ1) is 15.7. The smallest absolute Gasteiger partial charge is 0.266 e. The Balaban J connectivity index is 1.65. The van der Waals surface area contributed by atoms with Crippen LogP contribution in [0.1, 0.15) is 24.5 Å². The third kappa shape index (κ3) is 7.36. The number of amides is 2. The molecule has 1 fully saturated rings. The summed E-state index contributed by atoms with van der Waals surface area (Å²) in [5.74, 6) is -0.0210. The second kappa shape index (κ2) is 11.6. The number of nitrogens with zero attached hydrogens (tertiary/aromatic N) is 1. The van der Waals surface area contributed by atoms with Gasteiger partial charge in [0, 0.05) is 13.0 Å². The van der Waals surface area contributed by atoms with Gasteiger partial charge in [-0.15, -0.1) is 0 Å². The van der Waals surface area contributed by atoms with Crippen molar-refractivity contribution in [2.45, 2.75) is 29.8 Å². The molecule has 1 aliphatic rings. The van der Waals surface area contributed by atoms with Gasteiger partial charge in [-0.25, -0.2) is 0 Å². The summed E-state index contributed by atoms with van der Waals surface area (Å²) >= 11 is 24.5. The number of thioether (sulfide) groups is 1. The predicted molar refractivity (Wildman–Crippen MR) is 140 cm³/mol. The average molecular weight is 544 g/mol. The molecular weight excluding hydrogens is 523 g/mol. The molecule has 0 saturated carbocycles. The third-order valence-corrected chi connectivity index (χ3v) is 6.66. The van der Waals surface area contributed by atoms with Gasteiger partial charge in [-0.1, -0.05) is 108 Å². The predicted octanol–water partition coefficient (Wildman–Crippen LogP) is 5.73. The number of hydrogen-bond acceptors (Lipinski definition) is 5.